The maximum atomic E-state index is 10.2. The van der Waals surface area contributed by atoms with E-state index >= 15 is 0 Å². The Bertz CT molecular complexity index is 610. The average Bonchev–Trinajstić information content (AvgIpc) is 2.89. The first-order valence-electron chi connectivity index (χ1n) is 6.75. The fourth-order valence-electron chi connectivity index (χ4n) is 2.27. The maximum absolute atomic E-state index is 10.2. The molecule has 3 N–H and O–H groups in total. The van der Waals surface area contributed by atoms with Crippen LogP contribution in [0.2, 0.25) is 0 Å². The molecule has 0 radical (unpaired) electrons. The number of likely N-dealkylation sites (N-methyl/N-ethyl adjacent to an activating group) is 1. The molecular weight excluding hydrogens is 352 g/mol. The van der Waals surface area contributed by atoms with Gasteiger partial charge in [-0.1, -0.05) is 0 Å². The standard InChI is InChI=1S/C14H21BrN4OS/c1-9-14(16)10(2)19(17-9)6-12(20)5-18(3)7-13-4-11(15)8-21-13/h4,8,12,20H,5-7,16H2,1-3H3. The van der Waals surface area contributed by atoms with E-state index in [9.17, 15) is 5.11 Å². The van der Waals surface area contributed by atoms with E-state index in [1.165, 1.54) is 4.88 Å². The maximum Gasteiger partial charge on any atom is 0.0862 e. The summed E-state index contributed by atoms with van der Waals surface area (Å²) in [6.07, 6.45) is -0.476. The van der Waals surface area contributed by atoms with E-state index < -0.39 is 6.10 Å². The summed E-state index contributed by atoms with van der Waals surface area (Å²) >= 11 is 5.17. The number of aliphatic hydroxyl groups excluding tert-OH is 1. The van der Waals surface area contributed by atoms with Crippen LogP contribution in [0.15, 0.2) is 15.9 Å². The van der Waals surface area contributed by atoms with E-state index in [4.69, 9.17) is 5.73 Å². The van der Waals surface area contributed by atoms with Gasteiger partial charge in [0, 0.05) is 27.8 Å². The van der Waals surface area contributed by atoms with E-state index in [-0.39, 0.29) is 0 Å². The lowest BCUT2D eigenvalue weighted by molar-refractivity contribution is 0.103. The number of halogens is 1. The largest absolute Gasteiger partial charge is 0.396 e. The predicted molar refractivity (Wildman–Crippen MR) is 90.5 cm³/mol. The molecule has 0 amide bonds. The molecule has 7 heteroatoms. The number of aliphatic hydroxyl groups is 1. The van der Waals surface area contributed by atoms with Crippen molar-refractivity contribution >= 4 is 33.0 Å². The highest BCUT2D eigenvalue weighted by Gasteiger charge is 2.14. The Kier molecular flexibility index (Phi) is 5.43. The van der Waals surface area contributed by atoms with Crippen molar-refractivity contribution in [1.82, 2.24) is 14.7 Å². The second kappa shape index (κ2) is 6.91. The number of thiophene rings is 1. The van der Waals surface area contributed by atoms with E-state index in [0.29, 0.717) is 18.8 Å². The van der Waals surface area contributed by atoms with Gasteiger partial charge in [-0.3, -0.25) is 9.58 Å². The first-order chi connectivity index (χ1) is 9.86. The lowest BCUT2D eigenvalue weighted by Crippen LogP contribution is -2.32. The quantitative estimate of drug-likeness (QED) is 0.816. The third kappa shape index (κ3) is 4.29. The van der Waals surface area contributed by atoms with Crippen LogP contribution in [-0.4, -0.2) is 39.5 Å². The topological polar surface area (TPSA) is 67.3 Å². The SMILES string of the molecule is Cc1nn(CC(O)CN(C)Cc2cc(Br)cs2)c(C)c1N. The zero-order chi connectivity index (χ0) is 15.6. The van der Waals surface area contributed by atoms with E-state index in [0.717, 1.165) is 22.4 Å². The van der Waals surface area contributed by atoms with Gasteiger partial charge in [-0.2, -0.15) is 5.10 Å². The number of rotatable bonds is 6. The van der Waals surface area contributed by atoms with Gasteiger partial charge in [0.15, 0.2) is 0 Å². The molecule has 116 valence electrons. The Morgan fingerprint density at radius 3 is 2.76 bits per heavy atom. The van der Waals surface area contributed by atoms with Crippen LogP contribution in [0.5, 0.6) is 0 Å². The molecule has 21 heavy (non-hydrogen) atoms. The fourth-order valence-corrected chi connectivity index (χ4v) is 3.80. The fraction of sp³-hybridized carbons (Fsp3) is 0.500. The summed E-state index contributed by atoms with van der Waals surface area (Å²) in [5.41, 5.74) is 8.34. The van der Waals surface area contributed by atoms with Gasteiger partial charge in [0.05, 0.1) is 29.7 Å². The second-order valence-electron chi connectivity index (χ2n) is 5.35. The number of aryl methyl sites for hydroxylation is 1. The van der Waals surface area contributed by atoms with Gasteiger partial charge >= 0.3 is 0 Å². The summed E-state index contributed by atoms with van der Waals surface area (Å²) in [5.74, 6) is 0. The number of nitrogen functional groups attached to an aromatic ring is 1. The first-order valence-corrected chi connectivity index (χ1v) is 8.43. The van der Waals surface area contributed by atoms with Crippen molar-refractivity contribution in [2.24, 2.45) is 0 Å². The second-order valence-corrected chi connectivity index (χ2v) is 7.26. The third-order valence-electron chi connectivity index (χ3n) is 3.39. The molecular formula is C14H21BrN4OS. The third-order valence-corrected chi connectivity index (χ3v) is 5.07. The minimum absolute atomic E-state index is 0.461. The van der Waals surface area contributed by atoms with Gasteiger partial charge in [-0.15, -0.1) is 11.3 Å². The summed E-state index contributed by atoms with van der Waals surface area (Å²) in [5, 5.41) is 16.7. The van der Waals surface area contributed by atoms with Crippen LogP contribution >= 0.6 is 27.3 Å². The Hall–Kier alpha value is -0.890. The highest BCUT2D eigenvalue weighted by molar-refractivity contribution is 9.10. The summed E-state index contributed by atoms with van der Waals surface area (Å²) in [6, 6.07) is 2.11. The van der Waals surface area contributed by atoms with E-state index in [1.54, 1.807) is 16.0 Å². The monoisotopic (exact) mass is 372 g/mol. The Labute approximate surface area is 137 Å². The molecule has 0 saturated carbocycles. The number of hydrogen-bond acceptors (Lipinski definition) is 5. The van der Waals surface area contributed by atoms with Crippen LogP contribution in [0, 0.1) is 13.8 Å². The summed E-state index contributed by atoms with van der Waals surface area (Å²) < 4.78 is 2.89. The minimum atomic E-state index is -0.476. The Morgan fingerprint density at radius 1 is 1.52 bits per heavy atom. The minimum Gasteiger partial charge on any atom is -0.396 e. The number of hydrogen-bond donors (Lipinski definition) is 2. The number of aromatic nitrogens is 2. The molecule has 0 aliphatic rings. The molecule has 5 nitrogen and oxygen atoms in total. The molecule has 2 aromatic heterocycles. The lowest BCUT2D eigenvalue weighted by Gasteiger charge is -2.20. The molecule has 2 rings (SSSR count). The highest BCUT2D eigenvalue weighted by Crippen LogP contribution is 2.21. The van der Waals surface area contributed by atoms with Gasteiger partial charge < -0.3 is 10.8 Å². The number of nitrogens with zero attached hydrogens (tertiary/aromatic N) is 3. The summed E-state index contributed by atoms with van der Waals surface area (Å²) in [7, 11) is 2.01. The van der Waals surface area contributed by atoms with Gasteiger partial charge in [-0.05, 0) is 42.9 Å². The molecule has 0 spiro atoms. The first kappa shape index (κ1) is 16.5. The van der Waals surface area contributed by atoms with Crippen LogP contribution in [0.4, 0.5) is 5.69 Å². The van der Waals surface area contributed by atoms with Gasteiger partial charge in [0.25, 0.3) is 0 Å². The highest BCUT2D eigenvalue weighted by atomic mass is 79.9. The molecule has 0 fully saturated rings. The Morgan fingerprint density at radius 2 is 2.24 bits per heavy atom. The van der Waals surface area contributed by atoms with Gasteiger partial charge in [0.2, 0.25) is 0 Å². The van der Waals surface area contributed by atoms with E-state index in [2.05, 4.69) is 37.4 Å². The summed E-state index contributed by atoms with van der Waals surface area (Å²) in [6.45, 7) is 5.68. The lowest BCUT2D eigenvalue weighted by atomic mass is 10.3. The average molecular weight is 373 g/mol. The van der Waals surface area contributed by atoms with Crippen LogP contribution < -0.4 is 5.73 Å². The van der Waals surface area contributed by atoms with Crippen LogP contribution in [0.1, 0.15) is 16.3 Å². The van der Waals surface area contributed by atoms with Crippen molar-refractivity contribution in [2.45, 2.75) is 33.0 Å². The van der Waals surface area contributed by atoms with Gasteiger partial charge in [-0.25, -0.2) is 0 Å². The number of nitrogens with two attached hydrogens (primary N) is 1. The zero-order valence-electron chi connectivity index (χ0n) is 12.5. The van der Waals surface area contributed by atoms with E-state index in [1.807, 2.05) is 20.9 Å². The van der Waals surface area contributed by atoms with Crippen LogP contribution in [0.3, 0.4) is 0 Å². The smallest absolute Gasteiger partial charge is 0.0862 e. The van der Waals surface area contributed by atoms with Crippen molar-refractivity contribution in [1.29, 1.82) is 0 Å². The number of anilines is 1. The molecule has 0 bridgehead atoms. The molecule has 0 aliphatic carbocycles. The van der Waals surface area contributed by atoms with Crippen molar-refractivity contribution in [3.63, 3.8) is 0 Å². The van der Waals surface area contributed by atoms with Gasteiger partial charge in [0.1, 0.15) is 0 Å². The predicted octanol–water partition coefficient (Wildman–Crippen LogP) is 2.40. The van der Waals surface area contributed by atoms with Crippen molar-refractivity contribution in [3.8, 4) is 0 Å². The molecule has 1 unspecified atom stereocenters. The normalized spacial score (nSPS) is 13.0. The Balaban J connectivity index is 1.88. The van der Waals surface area contributed by atoms with Crippen LogP contribution in [0.25, 0.3) is 0 Å². The molecule has 2 aromatic rings. The molecule has 1 atom stereocenters. The van der Waals surface area contributed by atoms with Crippen LogP contribution in [-0.2, 0) is 13.1 Å². The zero-order valence-corrected chi connectivity index (χ0v) is 14.9. The molecule has 0 saturated heterocycles. The molecule has 2 heterocycles. The summed E-state index contributed by atoms with van der Waals surface area (Å²) in [4.78, 5) is 3.38. The van der Waals surface area contributed by atoms with Crippen molar-refractivity contribution in [2.75, 3.05) is 19.3 Å². The molecule has 0 aliphatic heterocycles. The molecule has 0 aromatic carbocycles. The van der Waals surface area contributed by atoms with Crippen molar-refractivity contribution < 1.29 is 5.11 Å². The van der Waals surface area contributed by atoms with Crippen molar-refractivity contribution in [3.05, 3.63) is 32.2 Å².